The predicted molar refractivity (Wildman–Crippen MR) is 74.6 cm³/mol. The lowest BCUT2D eigenvalue weighted by Crippen LogP contribution is -2.32. The van der Waals surface area contributed by atoms with Crippen molar-refractivity contribution in [3.8, 4) is 0 Å². The van der Waals surface area contributed by atoms with Crippen molar-refractivity contribution < 1.29 is 4.74 Å². The molecule has 1 aliphatic rings. The molecule has 1 heterocycles. The van der Waals surface area contributed by atoms with Crippen molar-refractivity contribution in [3.63, 3.8) is 0 Å². The lowest BCUT2D eigenvalue weighted by Gasteiger charge is -2.38. The molecule has 3 heteroatoms. The first kappa shape index (κ1) is 13.8. The summed E-state index contributed by atoms with van der Waals surface area (Å²) in [5.41, 5.74) is 1.37. The summed E-state index contributed by atoms with van der Waals surface area (Å²) in [6.07, 6.45) is 5.63. The highest BCUT2D eigenvalue weighted by Crippen LogP contribution is 2.39. The topological polar surface area (TPSA) is 22.1 Å². The minimum atomic E-state index is 0.347. The van der Waals surface area contributed by atoms with E-state index >= 15 is 0 Å². The number of halogens is 1. The molecule has 1 aliphatic carbocycles. The summed E-state index contributed by atoms with van der Waals surface area (Å²) in [7, 11) is 0. The fraction of sp³-hybridized carbons (Fsp3) is 0.667. The molecule has 0 spiro atoms. The Morgan fingerprint density at radius 1 is 1.44 bits per heavy atom. The SMILES string of the molecule is CC1CC(OCc2cccnc2Cl)CC(C)(C)C1. The van der Waals surface area contributed by atoms with Crippen LogP contribution in [-0.2, 0) is 11.3 Å². The molecule has 0 radical (unpaired) electrons. The molecule has 0 saturated heterocycles. The fourth-order valence-corrected chi connectivity index (χ4v) is 3.29. The van der Waals surface area contributed by atoms with Crippen LogP contribution in [-0.4, -0.2) is 11.1 Å². The van der Waals surface area contributed by atoms with Gasteiger partial charge in [-0.3, -0.25) is 0 Å². The Hall–Kier alpha value is -0.600. The van der Waals surface area contributed by atoms with Crippen molar-refractivity contribution in [1.29, 1.82) is 0 Å². The summed E-state index contributed by atoms with van der Waals surface area (Å²) in [4.78, 5) is 4.07. The second kappa shape index (κ2) is 5.58. The number of hydrogen-bond acceptors (Lipinski definition) is 2. The van der Waals surface area contributed by atoms with E-state index in [0.29, 0.717) is 23.3 Å². The number of nitrogens with zero attached hydrogens (tertiary/aromatic N) is 1. The van der Waals surface area contributed by atoms with Crippen LogP contribution in [0, 0.1) is 11.3 Å². The Morgan fingerprint density at radius 2 is 2.22 bits per heavy atom. The number of hydrogen-bond donors (Lipinski definition) is 0. The van der Waals surface area contributed by atoms with Gasteiger partial charge in [0.1, 0.15) is 5.15 Å². The lowest BCUT2D eigenvalue weighted by atomic mass is 9.71. The van der Waals surface area contributed by atoms with E-state index in [1.54, 1.807) is 6.20 Å². The Labute approximate surface area is 115 Å². The molecule has 1 fully saturated rings. The van der Waals surface area contributed by atoms with Crippen LogP contribution >= 0.6 is 11.6 Å². The van der Waals surface area contributed by atoms with Crippen LogP contribution in [0.5, 0.6) is 0 Å². The van der Waals surface area contributed by atoms with Gasteiger partial charge in [0.2, 0.25) is 0 Å². The number of rotatable bonds is 3. The Bertz CT molecular complexity index is 405. The molecule has 2 nitrogen and oxygen atoms in total. The molecule has 0 amide bonds. The highest BCUT2D eigenvalue weighted by molar-refractivity contribution is 6.30. The molecule has 2 unspecified atom stereocenters. The smallest absolute Gasteiger partial charge is 0.134 e. The normalized spacial score (nSPS) is 27.1. The van der Waals surface area contributed by atoms with E-state index in [0.717, 1.165) is 24.3 Å². The molecule has 100 valence electrons. The molecule has 0 aliphatic heterocycles. The van der Waals surface area contributed by atoms with E-state index in [9.17, 15) is 0 Å². The van der Waals surface area contributed by atoms with Crippen molar-refractivity contribution in [2.24, 2.45) is 11.3 Å². The van der Waals surface area contributed by atoms with Crippen LogP contribution in [0.2, 0.25) is 5.15 Å². The first-order chi connectivity index (χ1) is 8.46. The van der Waals surface area contributed by atoms with E-state index in [4.69, 9.17) is 16.3 Å². The van der Waals surface area contributed by atoms with Gasteiger partial charge in [0.05, 0.1) is 12.7 Å². The van der Waals surface area contributed by atoms with Gasteiger partial charge in [-0.05, 0) is 36.7 Å². The van der Waals surface area contributed by atoms with Gasteiger partial charge in [0.25, 0.3) is 0 Å². The van der Waals surface area contributed by atoms with Crippen molar-refractivity contribution in [1.82, 2.24) is 4.98 Å². The van der Waals surface area contributed by atoms with E-state index in [-0.39, 0.29) is 0 Å². The van der Waals surface area contributed by atoms with Crippen molar-refractivity contribution in [2.75, 3.05) is 0 Å². The van der Waals surface area contributed by atoms with E-state index in [1.807, 2.05) is 12.1 Å². The first-order valence-corrected chi connectivity index (χ1v) is 7.05. The molecule has 2 atom stereocenters. The summed E-state index contributed by atoms with van der Waals surface area (Å²) >= 11 is 6.04. The third kappa shape index (κ3) is 3.69. The number of ether oxygens (including phenoxy) is 1. The zero-order valence-electron chi connectivity index (χ0n) is 11.4. The quantitative estimate of drug-likeness (QED) is 0.754. The van der Waals surface area contributed by atoms with Crippen LogP contribution < -0.4 is 0 Å². The molecular weight excluding hydrogens is 246 g/mol. The summed E-state index contributed by atoms with van der Waals surface area (Å²) < 4.78 is 6.03. The summed E-state index contributed by atoms with van der Waals surface area (Å²) in [6.45, 7) is 7.54. The van der Waals surface area contributed by atoms with Gasteiger partial charge in [0, 0.05) is 11.8 Å². The number of aromatic nitrogens is 1. The van der Waals surface area contributed by atoms with Gasteiger partial charge in [-0.1, -0.05) is 38.4 Å². The standard InChI is InChI=1S/C15H22ClNO/c1-11-7-13(9-15(2,3)8-11)18-10-12-5-4-6-17-14(12)16/h4-6,11,13H,7-10H2,1-3H3. The van der Waals surface area contributed by atoms with Crippen molar-refractivity contribution in [3.05, 3.63) is 29.0 Å². The minimum Gasteiger partial charge on any atom is -0.373 e. The van der Waals surface area contributed by atoms with Crippen LogP contribution in [0.25, 0.3) is 0 Å². The molecule has 1 aromatic rings. The average molecular weight is 268 g/mol. The molecule has 1 aromatic heterocycles. The van der Waals surface area contributed by atoms with Gasteiger partial charge >= 0.3 is 0 Å². The maximum Gasteiger partial charge on any atom is 0.134 e. The monoisotopic (exact) mass is 267 g/mol. The van der Waals surface area contributed by atoms with E-state index < -0.39 is 0 Å². The van der Waals surface area contributed by atoms with Crippen molar-refractivity contribution >= 4 is 11.6 Å². The second-order valence-electron chi connectivity index (χ2n) is 6.30. The van der Waals surface area contributed by atoms with Gasteiger partial charge in [-0.15, -0.1) is 0 Å². The maximum absolute atomic E-state index is 6.04. The Balaban J connectivity index is 1.92. The van der Waals surface area contributed by atoms with Gasteiger partial charge in [-0.2, -0.15) is 0 Å². The maximum atomic E-state index is 6.04. The Kier molecular flexibility index (Phi) is 4.29. The molecule has 0 N–H and O–H groups in total. The van der Waals surface area contributed by atoms with E-state index in [2.05, 4.69) is 25.8 Å². The highest BCUT2D eigenvalue weighted by Gasteiger charge is 2.32. The molecule has 0 bridgehead atoms. The first-order valence-electron chi connectivity index (χ1n) is 6.67. The Morgan fingerprint density at radius 3 is 2.89 bits per heavy atom. The van der Waals surface area contributed by atoms with Crippen LogP contribution in [0.4, 0.5) is 0 Å². The zero-order valence-corrected chi connectivity index (χ0v) is 12.2. The van der Waals surface area contributed by atoms with Gasteiger partial charge < -0.3 is 4.74 Å². The molecule has 1 saturated carbocycles. The highest BCUT2D eigenvalue weighted by atomic mass is 35.5. The molecule has 2 rings (SSSR count). The number of pyridine rings is 1. The third-order valence-corrected chi connectivity index (χ3v) is 4.00. The van der Waals surface area contributed by atoms with Crippen LogP contribution in [0.3, 0.4) is 0 Å². The minimum absolute atomic E-state index is 0.347. The van der Waals surface area contributed by atoms with E-state index in [1.165, 1.54) is 6.42 Å². The van der Waals surface area contributed by atoms with Crippen molar-refractivity contribution in [2.45, 2.75) is 52.7 Å². The average Bonchev–Trinajstić information content (AvgIpc) is 2.25. The molecule has 18 heavy (non-hydrogen) atoms. The van der Waals surface area contributed by atoms with Gasteiger partial charge in [-0.25, -0.2) is 4.98 Å². The molecule has 0 aromatic carbocycles. The lowest BCUT2D eigenvalue weighted by molar-refractivity contribution is -0.0316. The summed E-state index contributed by atoms with van der Waals surface area (Å²) in [6, 6.07) is 3.88. The summed E-state index contributed by atoms with van der Waals surface area (Å²) in [5, 5.41) is 0.556. The predicted octanol–water partition coefficient (Wildman–Crippen LogP) is 4.47. The fourth-order valence-electron chi connectivity index (χ4n) is 3.12. The zero-order chi connectivity index (χ0) is 13.2. The van der Waals surface area contributed by atoms with Gasteiger partial charge in [0.15, 0.2) is 0 Å². The summed E-state index contributed by atoms with van der Waals surface area (Å²) in [5.74, 6) is 0.739. The van der Waals surface area contributed by atoms with Crippen LogP contribution in [0.15, 0.2) is 18.3 Å². The molecular formula is C15H22ClNO. The second-order valence-corrected chi connectivity index (χ2v) is 6.66. The third-order valence-electron chi connectivity index (χ3n) is 3.66. The van der Waals surface area contributed by atoms with Crippen LogP contribution in [0.1, 0.15) is 45.6 Å². The largest absolute Gasteiger partial charge is 0.373 e.